The number of fused-ring (bicyclic) bond motifs is 1. The van der Waals surface area contributed by atoms with Gasteiger partial charge in [-0.3, -0.25) is 4.99 Å². The first-order chi connectivity index (χ1) is 16.3. The lowest BCUT2D eigenvalue weighted by Crippen LogP contribution is -2.18. The summed E-state index contributed by atoms with van der Waals surface area (Å²) in [5, 5.41) is 0. The molecule has 0 spiro atoms. The van der Waals surface area contributed by atoms with Gasteiger partial charge in [0.2, 0.25) is 0 Å². The number of allylic oxidation sites excluding steroid dienone is 3. The molecule has 2 aromatic carbocycles. The Balaban J connectivity index is 1.68. The van der Waals surface area contributed by atoms with Crippen molar-refractivity contribution in [2.45, 2.75) is 26.8 Å². The topological polar surface area (TPSA) is 37.3 Å². The van der Waals surface area contributed by atoms with Gasteiger partial charge < -0.3 is 19.3 Å². The molecule has 178 valence electrons. The van der Waals surface area contributed by atoms with Crippen LogP contribution in [0.1, 0.15) is 37.0 Å². The minimum Gasteiger partial charge on any atom is -0.492 e. The zero-order valence-corrected chi connectivity index (χ0v) is 20.8. The largest absolute Gasteiger partial charge is 0.492 e. The summed E-state index contributed by atoms with van der Waals surface area (Å²) in [7, 11) is 4.11. The summed E-state index contributed by atoms with van der Waals surface area (Å²) in [6, 6.07) is 14.3. The third kappa shape index (κ3) is 6.49. The molecule has 0 aliphatic carbocycles. The highest BCUT2D eigenvalue weighted by molar-refractivity contribution is 5.82. The first-order valence-electron chi connectivity index (χ1n) is 11.5. The fourth-order valence-corrected chi connectivity index (χ4v) is 3.58. The summed E-state index contributed by atoms with van der Waals surface area (Å²) in [5.41, 5.74) is 5.84. The van der Waals surface area contributed by atoms with Gasteiger partial charge in [0, 0.05) is 6.54 Å². The summed E-state index contributed by atoms with van der Waals surface area (Å²) in [6.07, 6.45) is 4.61. The molecule has 0 saturated heterocycles. The normalized spacial score (nSPS) is 13.4. The van der Waals surface area contributed by atoms with Crippen molar-refractivity contribution < 1.29 is 9.47 Å². The van der Waals surface area contributed by atoms with Crippen LogP contribution in [-0.4, -0.2) is 38.4 Å². The maximum absolute atomic E-state index is 5.87. The average molecular weight is 458 g/mol. The van der Waals surface area contributed by atoms with E-state index in [-0.39, 0.29) is 0 Å². The lowest BCUT2D eigenvalue weighted by molar-refractivity contribution is 0.214. The van der Waals surface area contributed by atoms with Gasteiger partial charge in [0.1, 0.15) is 5.76 Å². The molecule has 0 N–H and O–H groups in total. The van der Waals surface area contributed by atoms with Crippen molar-refractivity contribution in [3.63, 3.8) is 0 Å². The second-order valence-electron chi connectivity index (χ2n) is 8.65. The SMILES string of the molecule is C=C(C)c1ccc2c(c1)N(Cc1cccc(C(=C)/N=C\C(=C/C)OCCCN(C)C)c1)C(=C)O2. The van der Waals surface area contributed by atoms with E-state index in [2.05, 4.69) is 66.8 Å². The van der Waals surface area contributed by atoms with E-state index in [1.54, 1.807) is 6.21 Å². The maximum atomic E-state index is 5.87. The molecule has 0 aromatic heterocycles. The summed E-state index contributed by atoms with van der Waals surface area (Å²) in [6.45, 7) is 18.5. The highest BCUT2D eigenvalue weighted by Crippen LogP contribution is 2.41. The standard InChI is InChI=1S/C29H35N3O2/c1-8-27(33-16-10-15-31(6)7)19-30-22(4)26-12-9-11-24(17-26)20-32-23(5)34-29-14-13-25(21(2)3)18-28(29)32/h8-9,11-14,17-19H,2,4-5,10,15-16,20H2,1,3,6-7H3/b27-8+,30-19-. The average Bonchev–Trinajstić information content (AvgIpc) is 3.12. The van der Waals surface area contributed by atoms with Crippen molar-refractivity contribution in [2.75, 3.05) is 32.1 Å². The van der Waals surface area contributed by atoms with Crippen LogP contribution in [0.25, 0.3) is 11.3 Å². The molecule has 34 heavy (non-hydrogen) atoms. The molecule has 0 amide bonds. The van der Waals surface area contributed by atoms with E-state index in [0.29, 0.717) is 24.7 Å². The van der Waals surface area contributed by atoms with Crippen molar-refractivity contribution in [1.29, 1.82) is 0 Å². The molecule has 3 rings (SSSR count). The predicted octanol–water partition coefficient (Wildman–Crippen LogP) is 6.50. The highest BCUT2D eigenvalue weighted by Gasteiger charge is 2.25. The first kappa shape index (κ1) is 25.1. The lowest BCUT2D eigenvalue weighted by atomic mass is 10.1. The van der Waals surface area contributed by atoms with E-state index in [9.17, 15) is 0 Å². The van der Waals surface area contributed by atoms with Crippen LogP contribution in [0.15, 0.2) is 84.9 Å². The molecule has 0 fully saturated rings. The quantitative estimate of drug-likeness (QED) is 0.219. The summed E-state index contributed by atoms with van der Waals surface area (Å²) in [4.78, 5) is 8.76. The summed E-state index contributed by atoms with van der Waals surface area (Å²) in [5.74, 6) is 2.16. The van der Waals surface area contributed by atoms with E-state index in [1.165, 1.54) is 0 Å². The Kier molecular flexibility index (Phi) is 8.50. The molecule has 1 aliphatic rings. The third-order valence-corrected chi connectivity index (χ3v) is 5.52. The molecule has 5 heteroatoms. The van der Waals surface area contributed by atoms with Crippen LogP contribution in [0.3, 0.4) is 0 Å². The van der Waals surface area contributed by atoms with E-state index in [4.69, 9.17) is 9.47 Å². The van der Waals surface area contributed by atoms with E-state index < -0.39 is 0 Å². The predicted molar refractivity (Wildman–Crippen MR) is 144 cm³/mol. The lowest BCUT2D eigenvalue weighted by Gasteiger charge is -2.18. The molecule has 1 aliphatic heterocycles. The van der Waals surface area contributed by atoms with E-state index in [0.717, 1.165) is 52.4 Å². The van der Waals surface area contributed by atoms with Crippen molar-refractivity contribution in [1.82, 2.24) is 4.90 Å². The molecule has 0 radical (unpaired) electrons. The number of anilines is 1. The van der Waals surface area contributed by atoms with Gasteiger partial charge in [0.25, 0.3) is 0 Å². The van der Waals surface area contributed by atoms with Crippen LogP contribution in [0.5, 0.6) is 5.75 Å². The number of benzene rings is 2. The van der Waals surface area contributed by atoms with Gasteiger partial charge in [-0.2, -0.15) is 0 Å². The van der Waals surface area contributed by atoms with Crippen molar-refractivity contribution in [3.05, 3.63) is 96.6 Å². The van der Waals surface area contributed by atoms with Crippen LogP contribution in [-0.2, 0) is 11.3 Å². The van der Waals surface area contributed by atoms with Gasteiger partial charge in [-0.15, -0.1) is 0 Å². The first-order valence-corrected chi connectivity index (χ1v) is 11.5. The molecule has 0 saturated carbocycles. The van der Waals surface area contributed by atoms with Gasteiger partial charge in [-0.1, -0.05) is 43.0 Å². The summed E-state index contributed by atoms with van der Waals surface area (Å²) < 4.78 is 11.7. The zero-order valence-electron chi connectivity index (χ0n) is 20.8. The van der Waals surface area contributed by atoms with Crippen molar-refractivity contribution in [3.8, 4) is 5.75 Å². The number of rotatable bonds is 11. The molecule has 0 bridgehead atoms. The smallest absolute Gasteiger partial charge is 0.193 e. The molecule has 1 heterocycles. The maximum Gasteiger partial charge on any atom is 0.193 e. The Hall–Kier alpha value is -3.57. The Bertz CT molecular complexity index is 1130. The monoisotopic (exact) mass is 457 g/mol. The fourth-order valence-electron chi connectivity index (χ4n) is 3.58. The van der Waals surface area contributed by atoms with Gasteiger partial charge >= 0.3 is 0 Å². The summed E-state index contributed by atoms with van der Waals surface area (Å²) >= 11 is 0. The minimum absolute atomic E-state index is 0.611. The Morgan fingerprint density at radius 1 is 1.15 bits per heavy atom. The minimum atomic E-state index is 0.611. The third-order valence-electron chi connectivity index (χ3n) is 5.52. The Morgan fingerprint density at radius 2 is 1.94 bits per heavy atom. The number of ether oxygens (including phenoxy) is 2. The number of hydrogen-bond donors (Lipinski definition) is 0. The fraction of sp³-hybridized carbons (Fsp3) is 0.276. The van der Waals surface area contributed by atoms with Gasteiger partial charge in [-0.25, -0.2) is 0 Å². The van der Waals surface area contributed by atoms with E-state index in [1.807, 2.05) is 44.2 Å². The Morgan fingerprint density at radius 3 is 2.65 bits per heavy atom. The van der Waals surface area contributed by atoms with E-state index >= 15 is 0 Å². The van der Waals surface area contributed by atoms with Gasteiger partial charge in [0.05, 0.1) is 30.8 Å². The van der Waals surface area contributed by atoms with Crippen LogP contribution < -0.4 is 9.64 Å². The number of aliphatic imine (C=N–C) groups is 1. The van der Waals surface area contributed by atoms with Crippen LogP contribution in [0.4, 0.5) is 5.69 Å². The zero-order chi connectivity index (χ0) is 24.7. The second kappa shape index (κ2) is 11.5. The van der Waals surface area contributed by atoms with Gasteiger partial charge in [-0.05, 0) is 81.9 Å². The van der Waals surface area contributed by atoms with Crippen LogP contribution in [0, 0.1) is 0 Å². The molecule has 0 atom stereocenters. The molecule has 0 unspecified atom stereocenters. The molecular weight excluding hydrogens is 422 g/mol. The molecular formula is C29H35N3O2. The number of hydrogen-bond acceptors (Lipinski definition) is 5. The molecule has 5 nitrogen and oxygen atoms in total. The number of nitrogens with zero attached hydrogens (tertiary/aromatic N) is 3. The highest BCUT2D eigenvalue weighted by atomic mass is 16.5. The second-order valence-corrected chi connectivity index (χ2v) is 8.65. The molecule has 2 aromatic rings. The van der Waals surface area contributed by atoms with Crippen molar-refractivity contribution >= 4 is 23.2 Å². The van der Waals surface area contributed by atoms with Crippen LogP contribution >= 0.6 is 0 Å². The Labute approximate surface area is 204 Å². The van der Waals surface area contributed by atoms with Crippen LogP contribution in [0.2, 0.25) is 0 Å². The van der Waals surface area contributed by atoms with Crippen molar-refractivity contribution in [2.24, 2.45) is 4.99 Å². The van der Waals surface area contributed by atoms with Gasteiger partial charge in [0.15, 0.2) is 11.6 Å².